The molecule has 9 heteroatoms. The van der Waals surface area contributed by atoms with Gasteiger partial charge >= 0.3 is 6.03 Å². The molecule has 1 fully saturated rings. The maximum Gasteiger partial charge on any atom is 0.318 e. The van der Waals surface area contributed by atoms with Gasteiger partial charge in [-0.3, -0.25) is 0 Å². The number of urea groups is 1. The second-order valence-corrected chi connectivity index (χ2v) is 9.62. The van der Waals surface area contributed by atoms with Crippen molar-refractivity contribution in [3.8, 4) is 11.5 Å². The molecule has 0 spiro atoms. The maximum absolute atomic E-state index is 12.9. The number of fused-ring (bicyclic) bond motifs is 1. The molecule has 1 unspecified atom stereocenters. The molecule has 0 aromatic heterocycles. The van der Waals surface area contributed by atoms with Gasteiger partial charge in [0.05, 0.1) is 11.8 Å². The van der Waals surface area contributed by atoms with E-state index in [0.29, 0.717) is 31.9 Å². The molecule has 4 rings (SSSR count). The molecule has 166 valence electrons. The van der Waals surface area contributed by atoms with Gasteiger partial charge in [0.1, 0.15) is 13.2 Å². The third kappa shape index (κ3) is 5.11. The minimum atomic E-state index is -3.30. The summed E-state index contributed by atoms with van der Waals surface area (Å²) in [6.45, 7) is 2.16. The Balaban J connectivity index is 1.37. The van der Waals surface area contributed by atoms with Crippen molar-refractivity contribution < 1.29 is 22.7 Å². The predicted octanol–water partition coefficient (Wildman–Crippen LogP) is 2.55. The van der Waals surface area contributed by atoms with Crippen LogP contribution in [0.4, 0.5) is 4.79 Å². The third-order valence-corrected chi connectivity index (χ3v) is 6.93. The Bertz CT molecular complexity index is 1040. The average molecular weight is 446 g/mol. The van der Waals surface area contributed by atoms with Crippen molar-refractivity contribution in [2.45, 2.75) is 31.2 Å². The van der Waals surface area contributed by atoms with Crippen LogP contribution in [0.3, 0.4) is 0 Å². The van der Waals surface area contributed by atoms with Crippen LogP contribution < -0.4 is 19.5 Å². The quantitative estimate of drug-likeness (QED) is 0.712. The third-order valence-electron chi connectivity index (χ3n) is 5.60. The van der Waals surface area contributed by atoms with E-state index in [1.165, 1.54) is 7.05 Å². The molecule has 2 heterocycles. The molecule has 1 saturated heterocycles. The lowest BCUT2D eigenvalue weighted by atomic mass is 10.0. The molecule has 2 amide bonds. The fourth-order valence-corrected chi connectivity index (χ4v) is 4.72. The minimum absolute atomic E-state index is 0.00459. The van der Waals surface area contributed by atoms with E-state index in [1.54, 1.807) is 12.1 Å². The number of ether oxygens (including phenoxy) is 2. The molecular formula is C22H27N3O5S. The highest BCUT2D eigenvalue weighted by Gasteiger charge is 2.30. The van der Waals surface area contributed by atoms with Gasteiger partial charge in [-0.15, -0.1) is 0 Å². The first-order valence-electron chi connectivity index (χ1n) is 10.4. The van der Waals surface area contributed by atoms with E-state index in [-0.39, 0.29) is 17.8 Å². The van der Waals surface area contributed by atoms with Crippen LogP contribution >= 0.6 is 0 Å². The van der Waals surface area contributed by atoms with E-state index in [1.807, 2.05) is 35.2 Å². The normalized spacial score (nSPS) is 18.1. The van der Waals surface area contributed by atoms with Crippen molar-refractivity contribution in [1.82, 2.24) is 14.9 Å². The molecule has 2 aliphatic heterocycles. The highest BCUT2D eigenvalue weighted by Crippen LogP contribution is 2.38. The molecule has 2 N–H and O–H groups in total. The standard InChI is InChI=1S/C22H27N3O5S/c1-23-31(27,28)15-17-6-4-16(5-7-17)14-24-22(26)25-10-2-3-19(25)18-8-9-20-21(13-18)30-12-11-29-20/h4-9,13,19,23H,2-3,10-12,14-15H2,1H3,(H,24,26). The summed E-state index contributed by atoms with van der Waals surface area (Å²) < 4.78 is 36.9. The summed E-state index contributed by atoms with van der Waals surface area (Å²) in [5.41, 5.74) is 2.66. The van der Waals surface area contributed by atoms with Crippen molar-refractivity contribution in [3.05, 3.63) is 59.2 Å². The summed E-state index contributed by atoms with van der Waals surface area (Å²) in [5, 5.41) is 2.98. The van der Waals surface area contributed by atoms with Gasteiger partial charge in [-0.05, 0) is 48.7 Å². The number of sulfonamides is 1. The van der Waals surface area contributed by atoms with Crippen LogP contribution in [0.25, 0.3) is 0 Å². The first-order valence-corrected chi connectivity index (χ1v) is 12.0. The first kappa shape index (κ1) is 21.5. The molecule has 1 atom stereocenters. The van der Waals surface area contributed by atoms with Crippen LogP contribution in [0, 0.1) is 0 Å². The number of amides is 2. The molecule has 8 nitrogen and oxygen atoms in total. The van der Waals surface area contributed by atoms with E-state index in [9.17, 15) is 13.2 Å². The zero-order chi connectivity index (χ0) is 21.8. The monoisotopic (exact) mass is 445 g/mol. The van der Waals surface area contributed by atoms with Crippen LogP contribution in [0.2, 0.25) is 0 Å². The number of rotatable bonds is 6. The van der Waals surface area contributed by atoms with E-state index >= 15 is 0 Å². The van der Waals surface area contributed by atoms with Crippen molar-refractivity contribution >= 4 is 16.1 Å². The summed E-state index contributed by atoms with van der Waals surface area (Å²) in [4.78, 5) is 14.7. The van der Waals surface area contributed by atoms with Gasteiger partial charge in [0, 0.05) is 13.1 Å². The zero-order valence-electron chi connectivity index (χ0n) is 17.5. The average Bonchev–Trinajstić information content (AvgIpc) is 3.28. The lowest BCUT2D eigenvalue weighted by molar-refractivity contribution is 0.170. The maximum atomic E-state index is 12.9. The Morgan fingerprint density at radius 1 is 1.06 bits per heavy atom. The molecule has 0 aliphatic carbocycles. The molecule has 2 aromatic rings. The Morgan fingerprint density at radius 3 is 2.52 bits per heavy atom. The summed E-state index contributed by atoms with van der Waals surface area (Å²) in [6.07, 6.45) is 1.85. The van der Waals surface area contributed by atoms with Gasteiger partial charge in [0.2, 0.25) is 10.0 Å². The largest absolute Gasteiger partial charge is 0.486 e. The summed E-state index contributed by atoms with van der Waals surface area (Å²) in [7, 11) is -1.91. The Hall–Kier alpha value is -2.78. The van der Waals surface area contributed by atoms with Crippen molar-refractivity contribution in [2.75, 3.05) is 26.8 Å². The summed E-state index contributed by atoms with van der Waals surface area (Å²) in [5.74, 6) is 1.41. The number of nitrogens with one attached hydrogen (secondary N) is 2. The van der Waals surface area contributed by atoms with Crippen LogP contribution in [-0.2, 0) is 22.3 Å². The Labute approximate surface area is 182 Å². The molecule has 31 heavy (non-hydrogen) atoms. The fourth-order valence-electron chi connectivity index (χ4n) is 3.95. The van der Waals surface area contributed by atoms with Gasteiger partial charge in [0.25, 0.3) is 0 Å². The molecule has 0 bridgehead atoms. The predicted molar refractivity (Wildman–Crippen MR) is 116 cm³/mol. The van der Waals surface area contributed by atoms with E-state index in [0.717, 1.165) is 35.5 Å². The lowest BCUT2D eigenvalue weighted by Gasteiger charge is -2.27. The summed E-state index contributed by atoms with van der Waals surface area (Å²) >= 11 is 0. The Kier molecular flexibility index (Phi) is 6.33. The number of benzene rings is 2. The van der Waals surface area contributed by atoms with Gasteiger partial charge in [0.15, 0.2) is 11.5 Å². The van der Waals surface area contributed by atoms with E-state index in [2.05, 4.69) is 10.0 Å². The van der Waals surface area contributed by atoms with Gasteiger partial charge in [-0.25, -0.2) is 17.9 Å². The van der Waals surface area contributed by atoms with E-state index < -0.39 is 10.0 Å². The van der Waals surface area contributed by atoms with Gasteiger partial charge in [-0.2, -0.15) is 0 Å². The Morgan fingerprint density at radius 2 is 1.77 bits per heavy atom. The summed E-state index contributed by atoms with van der Waals surface area (Å²) in [6, 6.07) is 13.0. The lowest BCUT2D eigenvalue weighted by Crippen LogP contribution is -2.39. The molecule has 2 aromatic carbocycles. The van der Waals surface area contributed by atoms with Crippen LogP contribution in [0.15, 0.2) is 42.5 Å². The van der Waals surface area contributed by atoms with Crippen molar-refractivity contribution in [3.63, 3.8) is 0 Å². The van der Waals surface area contributed by atoms with Gasteiger partial charge < -0.3 is 19.7 Å². The molecule has 2 aliphatic rings. The highest BCUT2D eigenvalue weighted by atomic mass is 32.2. The number of carbonyl (C=O) groups is 1. The van der Waals surface area contributed by atoms with Crippen LogP contribution in [0.1, 0.15) is 35.6 Å². The number of carbonyl (C=O) groups excluding carboxylic acids is 1. The molecule has 0 radical (unpaired) electrons. The van der Waals surface area contributed by atoms with E-state index in [4.69, 9.17) is 9.47 Å². The second-order valence-electron chi connectivity index (χ2n) is 7.69. The second kappa shape index (κ2) is 9.15. The number of nitrogens with zero attached hydrogens (tertiary/aromatic N) is 1. The van der Waals surface area contributed by atoms with Crippen LogP contribution in [0.5, 0.6) is 11.5 Å². The van der Waals surface area contributed by atoms with Crippen molar-refractivity contribution in [2.24, 2.45) is 0 Å². The van der Waals surface area contributed by atoms with Gasteiger partial charge in [-0.1, -0.05) is 30.3 Å². The number of hydrogen-bond donors (Lipinski definition) is 2. The first-order chi connectivity index (χ1) is 14.9. The number of hydrogen-bond acceptors (Lipinski definition) is 5. The molecule has 0 saturated carbocycles. The van der Waals surface area contributed by atoms with Crippen LogP contribution in [-0.4, -0.2) is 46.2 Å². The smallest absolute Gasteiger partial charge is 0.318 e. The van der Waals surface area contributed by atoms with Crippen molar-refractivity contribution in [1.29, 1.82) is 0 Å². The molecular weight excluding hydrogens is 418 g/mol. The fraction of sp³-hybridized carbons (Fsp3) is 0.409. The minimum Gasteiger partial charge on any atom is -0.486 e. The topological polar surface area (TPSA) is 97.0 Å². The zero-order valence-corrected chi connectivity index (χ0v) is 18.3. The SMILES string of the molecule is CNS(=O)(=O)Cc1ccc(CNC(=O)N2CCCC2c2ccc3c(c2)OCCO3)cc1. The highest BCUT2D eigenvalue weighted by molar-refractivity contribution is 7.88. The number of likely N-dealkylation sites (tertiary alicyclic amines) is 1.